The standard InChI is InChI=1S/C18H22N2O2/c1-13(2)19-10-5-8-16(19)18(22)20-11-9-14-6-3-4-7-15(14)17(20)12-21/h3-8,10,13,17,21H,9,11-12H2,1-2H3. The van der Waals surface area contributed by atoms with Crippen LogP contribution in [0.15, 0.2) is 42.6 Å². The maximum Gasteiger partial charge on any atom is 0.271 e. The van der Waals surface area contributed by atoms with Crippen LogP contribution in [-0.4, -0.2) is 33.6 Å². The lowest BCUT2D eigenvalue weighted by Gasteiger charge is -2.36. The van der Waals surface area contributed by atoms with Crippen molar-refractivity contribution in [1.29, 1.82) is 0 Å². The molecular weight excluding hydrogens is 276 g/mol. The molecular formula is C18H22N2O2. The molecule has 0 saturated heterocycles. The molecule has 1 amide bonds. The highest BCUT2D eigenvalue weighted by molar-refractivity contribution is 5.93. The molecule has 0 fully saturated rings. The summed E-state index contributed by atoms with van der Waals surface area (Å²) in [5.41, 5.74) is 2.98. The minimum Gasteiger partial charge on any atom is -0.394 e. The topological polar surface area (TPSA) is 45.5 Å². The summed E-state index contributed by atoms with van der Waals surface area (Å²) in [7, 11) is 0. The molecule has 1 unspecified atom stereocenters. The van der Waals surface area contributed by atoms with E-state index in [1.54, 1.807) is 4.90 Å². The number of aliphatic hydroxyl groups excluding tert-OH is 1. The second-order valence-electron chi connectivity index (χ2n) is 6.04. The Labute approximate surface area is 131 Å². The molecule has 1 atom stereocenters. The Bertz CT molecular complexity index is 675. The number of aromatic nitrogens is 1. The van der Waals surface area contributed by atoms with E-state index in [4.69, 9.17) is 0 Å². The van der Waals surface area contributed by atoms with Crippen molar-refractivity contribution in [3.8, 4) is 0 Å². The second kappa shape index (κ2) is 5.97. The zero-order valence-corrected chi connectivity index (χ0v) is 13.1. The molecule has 2 aromatic rings. The molecule has 1 aromatic carbocycles. The van der Waals surface area contributed by atoms with E-state index in [9.17, 15) is 9.90 Å². The van der Waals surface area contributed by atoms with Gasteiger partial charge in [0.25, 0.3) is 5.91 Å². The van der Waals surface area contributed by atoms with E-state index in [-0.39, 0.29) is 24.6 Å². The van der Waals surface area contributed by atoms with Crippen molar-refractivity contribution < 1.29 is 9.90 Å². The van der Waals surface area contributed by atoms with Crippen LogP contribution < -0.4 is 0 Å². The van der Waals surface area contributed by atoms with Crippen LogP contribution in [0.1, 0.15) is 47.5 Å². The number of carbonyl (C=O) groups is 1. The van der Waals surface area contributed by atoms with E-state index < -0.39 is 0 Å². The molecule has 0 saturated carbocycles. The third-order valence-corrected chi connectivity index (χ3v) is 4.40. The Morgan fingerprint density at radius 1 is 1.27 bits per heavy atom. The molecule has 0 spiro atoms. The number of fused-ring (bicyclic) bond motifs is 1. The lowest BCUT2D eigenvalue weighted by Crippen LogP contribution is -2.42. The van der Waals surface area contributed by atoms with Gasteiger partial charge in [-0.2, -0.15) is 0 Å². The number of aliphatic hydroxyl groups is 1. The van der Waals surface area contributed by atoms with Crippen molar-refractivity contribution in [2.24, 2.45) is 0 Å². The highest BCUT2D eigenvalue weighted by Crippen LogP contribution is 2.30. The number of rotatable bonds is 3. The first-order valence-corrected chi connectivity index (χ1v) is 7.80. The molecule has 1 aromatic heterocycles. The predicted octanol–water partition coefficient (Wildman–Crippen LogP) is 2.80. The van der Waals surface area contributed by atoms with Gasteiger partial charge in [-0.1, -0.05) is 24.3 Å². The van der Waals surface area contributed by atoms with Gasteiger partial charge < -0.3 is 14.6 Å². The van der Waals surface area contributed by atoms with Crippen molar-refractivity contribution >= 4 is 5.91 Å². The van der Waals surface area contributed by atoms with Crippen molar-refractivity contribution in [1.82, 2.24) is 9.47 Å². The van der Waals surface area contributed by atoms with Gasteiger partial charge in [0.2, 0.25) is 0 Å². The van der Waals surface area contributed by atoms with E-state index in [2.05, 4.69) is 19.9 Å². The zero-order chi connectivity index (χ0) is 15.7. The van der Waals surface area contributed by atoms with Crippen molar-refractivity contribution in [2.45, 2.75) is 32.4 Å². The molecule has 0 bridgehead atoms. The molecule has 0 aliphatic carbocycles. The summed E-state index contributed by atoms with van der Waals surface area (Å²) in [6, 6.07) is 11.8. The fraction of sp³-hybridized carbons (Fsp3) is 0.389. The Balaban J connectivity index is 1.95. The van der Waals surface area contributed by atoms with Crippen LogP contribution in [-0.2, 0) is 6.42 Å². The third kappa shape index (κ3) is 2.44. The third-order valence-electron chi connectivity index (χ3n) is 4.40. The highest BCUT2D eigenvalue weighted by Gasteiger charge is 2.31. The Kier molecular flexibility index (Phi) is 4.03. The molecule has 1 N–H and O–H groups in total. The van der Waals surface area contributed by atoms with Gasteiger partial charge in [0.05, 0.1) is 12.6 Å². The molecule has 4 nitrogen and oxygen atoms in total. The molecule has 4 heteroatoms. The van der Waals surface area contributed by atoms with Gasteiger partial charge in [-0.15, -0.1) is 0 Å². The first kappa shape index (κ1) is 14.9. The number of benzene rings is 1. The average Bonchev–Trinajstić information content (AvgIpc) is 3.02. The molecule has 1 aliphatic heterocycles. The SMILES string of the molecule is CC(C)n1cccc1C(=O)N1CCc2ccccc2C1CO. The van der Waals surface area contributed by atoms with E-state index in [0.29, 0.717) is 12.2 Å². The summed E-state index contributed by atoms with van der Waals surface area (Å²) in [4.78, 5) is 14.8. The van der Waals surface area contributed by atoms with E-state index in [0.717, 1.165) is 12.0 Å². The minimum atomic E-state index is -0.257. The first-order chi connectivity index (χ1) is 10.6. The number of hydrogen-bond donors (Lipinski definition) is 1. The Morgan fingerprint density at radius 2 is 2.05 bits per heavy atom. The maximum absolute atomic E-state index is 13.0. The summed E-state index contributed by atoms with van der Waals surface area (Å²) in [6.45, 7) is 4.72. The van der Waals surface area contributed by atoms with Crippen LogP contribution in [0.2, 0.25) is 0 Å². The fourth-order valence-electron chi connectivity index (χ4n) is 3.26. The monoisotopic (exact) mass is 298 g/mol. The molecule has 116 valence electrons. The predicted molar refractivity (Wildman–Crippen MR) is 85.8 cm³/mol. The van der Waals surface area contributed by atoms with Crippen molar-refractivity contribution in [2.75, 3.05) is 13.2 Å². The second-order valence-corrected chi connectivity index (χ2v) is 6.04. The van der Waals surface area contributed by atoms with E-state index >= 15 is 0 Å². The zero-order valence-electron chi connectivity index (χ0n) is 13.1. The lowest BCUT2D eigenvalue weighted by atomic mass is 9.92. The Hall–Kier alpha value is -2.07. The van der Waals surface area contributed by atoms with Gasteiger partial charge in [0, 0.05) is 18.8 Å². The normalized spacial score (nSPS) is 17.6. The average molecular weight is 298 g/mol. The first-order valence-electron chi connectivity index (χ1n) is 7.80. The molecule has 3 rings (SSSR count). The Morgan fingerprint density at radius 3 is 2.77 bits per heavy atom. The lowest BCUT2D eigenvalue weighted by molar-refractivity contribution is 0.0556. The van der Waals surface area contributed by atoms with Gasteiger partial charge in [-0.25, -0.2) is 0 Å². The van der Waals surface area contributed by atoms with Gasteiger partial charge >= 0.3 is 0 Å². The molecule has 0 radical (unpaired) electrons. The fourth-order valence-corrected chi connectivity index (χ4v) is 3.26. The summed E-state index contributed by atoms with van der Waals surface area (Å²) < 4.78 is 1.98. The maximum atomic E-state index is 13.0. The van der Waals surface area contributed by atoms with Crippen molar-refractivity contribution in [3.05, 3.63) is 59.4 Å². The molecule has 22 heavy (non-hydrogen) atoms. The largest absolute Gasteiger partial charge is 0.394 e. The van der Waals surface area contributed by atoms with E-state index in [1.807, 2.05) is 41.1 Å². The van der Waals surface area contributed by atoms with Crippen LogP contribution in [0.25, 0.3) is 0 Å². The van der Waals surface area contributed by atoms with Gasteiger partial charge in [0.15, 0.2) is 0 Å². The molecule has 1 aliphatic rings. The van der Waals surface area contributed by atoms with Crippen LogP contribution in [0.3, 0.4) is 0 Å². The van der Waals surface area contributed by atoms with Crippen LogP contribution in [0.4, 0.5) is 0 Å². The van der Waals surface area contributed by atoms with Gasteiger partial charge in [-0.05, 0) is 43.5 Å². The minimum absolute atomic E-state index is 0.00717. The number of hydrogen-bond acceptors (Lipinski definition) is 2. The number of carbonyl (C=O) groups excluding carboxylic acids is 1. The summed E-state index contributed by atoms with van der Waals surface area (Å²) >= 11 is 0. The summed E-state index contributed by atoms with van der Waals surface area (Å²) in [5, 5.41) is 9.83. The number of amides is 1. The van der Waals surface area contributed by atoms with Gasteiger partial charge in [0.1, 0.15) is 5.69 Å². The smallest absolute Gasteiger partial charge is 0.271 e. The summed E-state index contributed by atoms with van der Waals surface area (Å²) in [5.74, 6) is -0.00717. The highest BCUT2D eigenvalue weighted by atomic mass is 16.3. The summed E-state index contributed by atoms with van der Waals surface area (Å²) in [6.07, 6.45) is 2.77. The van der Waals surface area contributed by atoms with E-state index in [1.165, 1.54) is 5.56 Å². The molecule has 2 heterocycles. The van der Waals surface area contributed by atoms with Crippen LogP contribution >= 0.6 is 0 Å². The van der Waals surface area contributed by atoms with Crippen LogP contribution in [0, 0.1) is 0 Å². The van der Waals surface area contributed by atoms with Crippen molar-refractivity contribution in [3.63, 3.8) is 0 Å². The quantitative estimate of drug-likeness (QED) is 0.947. The van der Waals surface area contributed by atoms with Gasteiger partial charge in [-0.3, -0.25) is 4.79 Å². The van der Waals surface area contributed by atoms with Crippen LogP contribution in [0.5, 0.6) is 0 Å². The number of nitrogens with zero attached hydrogens (tertiary/aromatic N) is 2.